The molecule has 0 aromatic rings. The van der Waals surface area contributed by atoms with E-state index >= 15 is 0 Å². The fourth-order valence-corrected chi connectivity index (χ4v) is 3.76. The number of hydrogen-bond acceptors (Lipinski definition) is 3. The van der Waals surface area contributed by atoms with Crippen molar-refractivity contribution in [1.82, 2.24) is 4.72 Å². The summed E-state index contributed by atoms with van der Waals surface area (Å²) in [5.74, 6) is 0.501. The molecule has 0 radical (unpaired) electrons. The normalized spacial score (nSPS) is 18.8. The first-order valence-electron chi connectivity index (χ1n) is 6.55. The number of nitrogens with two attached hydrogens (primary N) is 1. The van der Waals surface area contributed by atoms with E-state index in [1.54, 1.807) is 13.8 Å². The number of sulfonamides is 1. The van der Waals surface area contributed by atoms with Crippen LogP contribution in [0.4, 0.5) is 0 Å². The van der Waals surface area contributed by atoms with E-state index < -0.39 is 15.4 Å². The summed E-state index contributed by atoms with van der Waals surface area (Å²) < 4.78 is 26.5. The standard InChI is InChI=1S/C12H25N3O2S/c1-12(2,11(13)14)9-15-18(16,17)8-10-6-4-3-5-7-10/h10,15H,3-9H2,1-2H3,(H3,13,14). The highest BCUT2D eigenvalue weighted by Gasteiger charge is 2.26. The smallest absolute Gasteiger partial charge is 0.211 e. The fourth-order valence-electron chi connectivity index (χ4n) is 2.11. The summed E-state index contributed by atoms with van der Waals surface area (Å²) >= 11 is 0. The molecule has 6 heteroatoms. The highest BCUT2D eigenvalue weighted by molar-refractivity contribution is 7.89. The lowest BCUT2D eigenvalue weighted by molar-refractivity contribution is 0.383. The van der Waals surface area contributed by atoms with E-state index in [4.69, 9.17) is 11.1 Å². The van der Waals surface area contributed by atoms with Crippen molar-refractivity contribution in [2.45, 2.75) is 46.0 Å². The van der Waals surface area contributed by atoms with E-state index in [1.165, 1.54) is 6.42 Å². The summed E-state index contributed by atoms with van der Waals surface area (Å²) in [5.41, 5.74) is 4.81. The van der Waals surface area contributed by atoms with Gasteiger partial charge in [0.2, 0.25) is 10.0 Å². The monoisotopic (exact) mass is 275 g/mol. The van der Waals surface area contributed by atoms with Gasteiger partial charge in [-0.05, 0) is 18.8 Å². The zero-order valence-electron chi connectivity index (χ0n) is 11.3. The van der Waals surface area contributed by atoms with Crippen LogP contribution in [0.15, 0.2) is 0 Å². The molecule has 18 heavy (non-hydrogen) atoms. The molecule has 0 saturated heterocycles. The minimum Gasteiger partial charge on any atom is -0.387 e. The minimum absolute atomic E-state index is 0.00265. The van der Waals surface area contributed by atoms with Crippen LogP contribution < -0.4 is 10.5 Å². The largest absolute Gasteiger partial charge is 0.387 e. The lowest BCUT2D eigenvalue weighted by Crippen LogP contribution is -2.43. The molecule has 106 valence electrons. The summed E-state index contributed by atoms with van der Waals surface area (Å²) in [4.78, 5) is 0. The van der Waals surface area contributed by atoms with E-state index in [-0.39, 0.29) is 24.1 Å². The van der Waals surface area contributed by atoms with E-state index in [0.29, 0.717) is 0 Å². The lowest BCUT2D eigenvalue weighted by Gasteiger charge is -2.25. The van der Waals surface area contributed by atoms with Gasteiger partial charge in [0.15, 0.2) is 0 Å². The Morgan fingerprint density at radius 2 is 1.89 bits per heavy atom. The third-order valence-electron chi connectivity index (χ3n) is 3.64. The molecule has 0 heterocycles. The molecule has 0 bridgehead atoms. The molecule has 1 aliphatic rings. The first-order valence-corrected chi connectivity index (χ1v) is 8.20. The summed E-state index contributed by atoms with van der Waals surface area (Å²) in [6, 6.07) is 0. The molecule has 0 atom stereocenters. The number of nitrogens with one attached hydrogen (secondary N) is 2. The van der Waals surface area contributed by atoms with Gasteiger partial charge in [0.1, 0.15) is 0 Å². The topological polar surface area (TPSA) is 96.0 Å². The van der Waals surface area contributed by atoms with Gasteiger partial charge in [0, 0.05) is 12.0 Å². The van der Waals surface area contributed by atoms with Crippen molar-refractivity contribution in [1.29, 1.82) is 5.41 Å². The van der Waals surface area contributed by atoms with E-state index in [9.17, 15) is 8.42 Å². The fraction of sp³-hybridized carbons (Fsp3) is 0.917. The predicted molar refractivity (Wildman–Crippen MR) is 74.1 cm³/mol. The van der Waals surface area contributed by atoms with Crippen molar-refractivity contribution in [3.05, 3.63) is 0 Å². The highest BCUT2D eigenvalue weighted by Crippen LogP contribution is 2.24. The molecular formula is C12H25N3O2S. The Bertz CT molecular complexity index is 384. The van der Waals surface area contributed by atoms with Gasteiger partial charge in [-0.3, -0.25) is 5.41 Å². The average Bonchev–Trinajstić information content (AvgIpc) is 2.27. The summed E-state index contributed by atoms with van der Waals surface area (Å²) in [6.45, 7) is 3.72. The van der Waals surface area contributed by atoms with Crippen LogP contribution in [0.3, 0.4) is 0 Å². The summed E-state index contributed by atoms with van der Waals surface area (Å²) in [6.07, 6.45) is 5.52. The predicted octanol–water partition coefficient (Wildman–Crippen LogP) is 1.45. The number of amidine groups is 1. The van der Waals surface area contributed by atoms with Gasteiger partial charge in [-0.25, -0.2) is 13.1 Å². The van der Waals surface area contributed by atoms with Crippen LogP contribution in [0, 0.1) is 16.7 Å². The Morgan fingerprint density at radius 3 is 2.39 bits per heavy atom. The Morgan fingerprint density at radius 1 is 1.33 bits per heavy atom. The lowest BCUT2D eigenvalue weighted by atomic mass is 9.91. The summed E-state index contributed by atoms with van der Waals surface area (Å²) in [7, 11) is -3.25. The molecule has 1 aliphatic carbocycles. The number of hydrogen-bond donors (Lipinski definition) is 3. The van der Waals surface area contributed by atoms with Gasteiger partial charge < -0.3 is 5.73 Å². The second-order valence-electron chi connectivity index (χ2n) is 5.90. The molecule has 0 aliphatic heterocycles. The van der Waals surface area contributed by atoms with Crippen LogP contribution in [0.25, 0.3) is 0 Å². The quantitative estimate of drug-likeness (QED) is 0.505. The van der Waals surface area contributed by atoms with Gasteiger partial charge >= 0.3 is 0 Å². The molecule has 1 saturated carbocycles. The molecule has 0 spiro atoms. The Hall–Kier alpha value is -0.620. The third-order valence-corrected chi connectivity index (χ3v) is 5.14. The molecule has 0 unspecified atom stereocenters. The maximum atomic E-state index is 11.9. The maximum Gasteiger partial charge on any atom is 0.211 e. The van der Waals surface area contributed by atoms with Crippen LogP contribution in [-0.4, -0.2) is 26.6 Å². The number of rotatable bonds is 6. The van der Waals surface area contributed by atoms with Gasteiger partial charge in [-0.2, -0.15) is 0 Å². The Balaban J connectivity index is 2.47. The molecule has 0 aromatic carbocycles. The van der Waals surface area contributed by atoms with Crippen LogP contribution in [0.2, 0.25) is 0 Å². The Labute approximate surface area is 110 Å². The highest BCUT2D eigenvalue weighted by atomic mass is 32.2. The zero-order valence-corrected chi connectivity index (χ0v) is 12.1. The maximum absolute atomic E-state index is 11.9. The van der Waals surface area contributed by atoms with Crippen LogP contribution in [0.5, 0.6) is 0 Å². The molecule has 1 rings (SSSR count). The molecule has 0 amide bonds. The van der Waals surface area contributed by atoms with Crippen LogP contribution in [0.1, 0.15) is 46.0 Å². The van der Waals surface area contributed by atoms with Crippen molar-refractivity contribution < 1.29 is 8.42 Å². The molecule has 5 nitrogen and oxygen atoms in total. The van der Waals surface area contributed by atoms with Crippen molar-refractivity contribution in [2.75, 3.05) is 12.3 Å². The molecular weight excluding hydrogens is 250 g/mol. The minimum atomic E-state index is -3.25. The Kier molecular flexibility index (Phi) is 5.16. The molecule has 1 fully saturated rings. The zero-order chi connectivity index (χ0) is 13.8. The van der Waals surface area contributed by atoms with Crippen molar-refractivity contribution in [2.24, 2.45) is 17.1 Å². The summed E-state index contributed by atoms with van der Waals surface area (Å²) in [5, 5.41) is 7.40. The van der Waals surface area contributed by atoms with Crippen LogP contribution in [-0.2, 0) is 10.0 Å². The third kappa shape index (κ3) is 4.94. The van der Waals surface area contributed by atoms with Crippen molar-refractivity contribution >= 4 is 15.9 Å². The van der Waals surface area contributed by atoms with E-state index in [0.717, 1.165) is 25.7 Å². The second kappa shape index (κ2) is 6.02. The van der Waals surface area contributed by atoms with Gasteiger partial charge in [-0.1, -0.05) is 33.1 Å². The second-order valence-corrected chi connectivity index (χ2v) is 7.76. The molecule has 4 N–H and O–H groups in total. The van der Waals surface area contributed by atoms with Gasteiger partial charge in [0.05, 0.1) is 11.6 Å². The van der Waals surface area contributed by atoms with Gasteiger partial charge in [-0.15, -0.1) is 0 Å². The SMILES string of the molecule is CC(C)(CNS(=O)(=O)CC1CCCCC1)C(=N)N. The first kappa shape index (κ1) is 15.4. The van der Waals surface area contributed by atoms with E-state index in [1.807, 2.05) is 0 Å². The van der Waals surface area contributed by atoms with Crippen molar-refractivity contribution in [3.63, 3.8) is 0 Å². The average molecular weight is 275 g/mol. The van der Waals surface area contributed by atoms with Crippen LogP contribution >= 0.6 is 0 Å². The first-order chi connectivity index (χ1) is 8.23. The molecule has 0 aromatic heterocycles. The van der Waals surface area contributed by atoms with E-state index in [2.05, 4.69) is 4.72 Å². The van der Waals surface area contributed by atoms with Gasteiger partial charge in [0.25, 0.3) is 0 Å². The van der Waals surface area contributed by atoms with Crippen molar-refractivity contribution in [3.8, 4) is 0 Å².